The second kappa shape index (κ2) is 4.11. The van der Waals surface area contributed by atoms with Crippen molar-refractivity contribution in [1.29, 1.82) is 0 Å². The van der Waals surface area contributed by atoms with Crippen LogP contribution >= 0.6 is 0 Å². The molecule has 0 bridgehead atoms. The van der Waals surface area contributed by atoms with Crippen LogP contribution in [-0.2, 0) is 11.1 Å². The van der Waals surface area contributed by atoms with Gasteiger partial charge in [-0.05, 0) is 0 Å². The van der Waals surface area contributed by atoms with Crippen LogP contribution in [0.3, 0.4) is 0 Å². The standard InChI is InChI=1S/C2H6O2S.Rf/c1-2-5(3)4;/h2H2,1H3,(H,3,4);. The summed E-state index contributed by atoms with van der Waals surface area (Å²) in [4.78, 5) is 0. The summed E-state index contributed by atoms with van der Waals surface area (Å²) in [6.07, 6.45) is 0. The molecule has 0 aromatic rings. The molecule has 0 rings (SSSR count). The van der Waals surface area contributed by atoms with Crippen molar-refractivity contribution >= 4 is 11.1 Å². The fraction of sp³-hybridized carbons (Fsp3) is 1.00. The number of rotatable bonds is 1. The van der Waals surface area contributed by atoms with Gasteiger partial charge in [-0.3, -0.25) is 0 Å². The van der Waals surface area contributed by atoms with Crippen molar-refractivity contribution in [1.82, 2.24) is 0 Å². The van der Waals surface area contributed by atoms with Crippen molar-refractivity contribution in [2.24, 2.45) is 0 Å². The van der Waals surface area contributed by atoms with Crippen LogP contribution in [-0.4, -0.2) is 14.5 Å². The van der Waals surface area contributed by atoms with Crippen LogP contribution in [0.15, 0.2) is 0 Å². The molecule has 0 saturated carbocycles. The average Bonchev–Trinajstić information content (AvgIpc) is 1.38. The van der Waals surface area contributed by atoms with E-state index < -0.39 is 11.1 Å². The topological polar surface area (TPSA) is 37.3 Å². The molecule has 34 valence electrons. The van der Waals surface area contributed by atoms with Gasteiger partial charge in [-0.25, -0.2) is 4.21 Å². The molecule has 1 atom stereocenters. The Morgan fingerprint density at radius 2 is 2.00 bits per heavy atom. The summed E-state index contributed by atoms with van der Waals surface area (Å²) in [7, 11) is 0. The van der Waals surface area contributed by atoms with Crippen molar-refractivity contribution < 1.29 is 8.76 Å². The maximum Gasteiger partial charge on any atom is 0.152 e. The number of hydrogen-bond acceptors (Lipinski definition) is 1. The molecule has 0 radical (unpaired) electrons. The predicted molar refractivity (Wildman–Crippen MR) is 21.3 cm³/mol. The zero-order chi connectivity index (χ0) is 4.28. The first-order chi connectivity index (χ1) is 2.27. The minimum Gasteiger partial charge on any atom is -0.306 e. The smallest absolute Gasteiger partial charge is 0.152 e. The Balaban J connectivity index is 0. The van der Waals surface area contributed by atoms with E-state index in [4.69, 9.17) is 4.55 Å². The van der Waals surface area contributed by atoms with Crippen molar-refractivity contribution in [2.75, 3.05) is 5.75 Å². The molecule has 0 aromatic heterocycles. The molecule has 0 spiro atoms. The Bertz CT molecular complexity index is 46.8. The van der Waals surface area contributed by atoms with Gasteiger partial charge in [0.2, 0.25) is 0 Å². The van der Waals surface area contributed by atoms with E-state index in [2.05, 4.69) is 0 Å². The third-order valence-electron chi connectivity index (χ3n) is 0.247. The maximum atomic E-state index is 9.48. The second-order valence-corrected chi connectivity index (χ2v) is 1.83. The van der Waals surface area contributed by atoms with E-state index >= 15 is 0 Å². The van der Waals surface area contributed by atoms with Crippen molar-refractivity contribution in [3.63, 3.8) is 0 Å². The van der Waals surface area contributed by atoms with E-state index in [1.165, 1.54) is 0 Å². The predicted octanol–water partition coefficient (Wildman–Crippen LogP) is 0.228. The molecular formula is C2H6O2RfS. The maximum absolute atomic E-state index is 9.48. The third-order valence-corrected chi connectivity index (χ3v) is 0.741. The fourth-order valence-corrected chi connectivity index (χ4v) is 0. The van der Waals surface area contributed by atoms with Crippen LogP contribution < -0.4 is 0 Å². The first-order valence-electron chi connectivity index (χ1n) is 1.35. The summed E-state index contributed by atoms with van der Waals surface area (Å²) >= 11 is -1.57. The molecule has 0 aliphatic heterocycles. The minimum atomic E-state index is -1.57. The largest absolute Gasteiger partial charge is 0.306 e. The van der Waals surface area contributed by atoms with Crippen LogP contribution in [0.2, 0.25) is 0 Å². The zero-order valence-corrected chi connectivity index (χ0v) is 10.9. The average molecular weight is 361 g/mol. The Morgan fingerprint density at radius 1 is 1.83 bits per heavy atom. The van der Waals surface area contributed by atoms with Gasteiger partial charge >= 0.3 is 0 Å². The molecule has 6 heavy (non-hydrogen) atoms. The summed E-state index contributed by atoms with van der Waals surface area (Å²) in [5, 5.41) is 0. The monoisotopic (exact) mass is 361 g/mol. The number of hydrogen-bond donors (Lipinski definition) is 1. The molecule has 0 fully saturated rings. The minimum absolute atomic E-state index is 0. The van der Waals surface area contributed by atoms with Crippen molar-refractivity contribution in [3.8, 4) is 0 Å². The van der Waals surface area contributed by atoms with Crippen LogP contribution in [0.4, 0.5) is 0 Å². The van der Waals surface area contributed by atoms with E-state index in [0.717, 1.165) is 0 Å². The van der Waals surface area contributed by atoms with Gasteiger partial charge < -0.3 is 4.55 Å². The third kappa shape index (κ3) is 11.2. The Hall–Kier alpha value is -0.890. The van der Waals surface area contributed by atoms with Gasteiger partial charge in [0.1, 0.15) is 0 Å². The van der Waals surface area contributed by atoms with E-state index in [9.17, 15) is 4.21 Å². The second-order valence-electron chi connectivity index (χ2n) is 0.610. The van der Waals surface area contributed by atoms with Crippen LogP contribution in [0.5, 0.6) is 0 Å². The van der Waals surface area contributed by atoms with Gasteiger partial charge in [0.25, 0.3) is 0 Å². The van der Waals surface area contributed by atoms with E-state index in [1.54, 1.807) is 6.92 Å². The van der Waals surface area contributed by atoms with Gasteiger partial charge in [0.15, 0.2) is 11.1 Å². The SMILES string of the molecule is CCS(=O)O.[Rf]. The van der Waals surface area contributed by atoms with Crippen molar-refractivity contribution in [3.05, 3.63) is 0 Å². The summed E-state index contributed by atoms with van der Waals surface area (Å²) in [5.74, 6) is 0.333. The van der Waals surface area contributed by atoms with Gasteiger partial charge in [-0.1, -0.05) is 6.92 Å². The molecule has 0 saturated heterocycles. The van der Waals surface area contributed by atoms with Gasteiger partial charge in [0, 0.05) is 5.75 Å². The van der Waals surface area contributed by atoms with Gasteiger partial charge in [-0.2, -0.15) is 0 Å². The quantitative estimate of drug-likeness (QED) is 0.679. The molecule has 0 aromatic carbocycles. The molecule has 4 heteroatoms. The van der Waals surface area contributed by atoms with Crippen molar-refractivity contribution in [2.45, 2.75) is 6.92 Å². The van der Waals surface area contributed by atoms with E-state index in [0.29, 0.717) is 5.75 Å². The zero-order valence-electron chi connectivity index (χ0n) is 3.68. The molecule has 0 aliphatic rings. The first kappa shape index (κ1) is 8.92. The molecule has 1 unspecified atom stereocenters. The molecule has 0 amide bonds. The van der Waals surface area contributed by atoms with Gasteiger partial charge in [-0.15, -0.1) is 0 Å². The molecule has 1 N–H and O–H groups in total. The molecule has 0 heterocycles. The Labute approximate surface area is 33.5 Å². The van der Waals surface area contributed by atoms with E-state index in [1.807, 2.05) is 0 Å². The summed E-state index contributed by atoms with van der Waals surface area (Å²) < 4.78 is 17.3. The molecular weight excluding hydrogens is 355 g/mol. The van der Waals surface area contributed by atoms with E-state index in [-0.39, 0.29) is 0 Å². The Kier molecular flexibility index (Phi) is 6.11. The fourth-order valence-electron chi connectivity index (χ4n) is 0. The first-order valence-corrected chi connectivity index (χ1v) is 2.62. The summed E-state index contributed by atoms with van der Waals surface area (Å²) in [6, 6.07) is 0. The molecule has 0 aliphatic carbocycles. The van der Waals surface area contributed by atoms with Crippen LogP contribution in [0.25, 0.3) is 0 Å². The summed E-state index contributed by atoms with van der Waals surface area (Å²) in [6.45, 7) is 1.65. The van der Waals surface area contributed by atoms with Gasteiger partial charge in [0.05, 0.1) is 0 Å². The van der Waals surface area contributed by atoms with Crippen LogP contribution in [0.1, 0.15) is 6.92 Å². The normalized spacial score (nSPS) is 12.3. The van der Waals surface area contributed by atoms with Crippen LogP contribution in [0, 0.1) is 0 Å². The molecule has 2 nitrogen and oxygen atoms in total. The Morgan fingerprint density at radius 3 is 2.00 bits per heavy atom. The summed E-state index contributed by atoms with van der Waals surface area (Å²) in [5.41, 5.74) is 0.